The Hall–Kier alpha value is 0.860. The zero-order chi connectivity index (χ0) is 22.5. The first-order valence-electron chi connectivity index (χ1n) is 15.1. The van der Waals surface area contributed by atoms with E-state index in [9.17, 15) is 0 Å². The third-order valence-corrected chi connectivity index (χ3v) is 17.4. The summed E-state index contributed by atoms with van der Waals surface area (Å²) in [5, 5.41) is 0. The van der Waals surface area contributed by atoms with Gasteiger partial charge in [0, 0.05) is 5.66 Å². The van der Waals surface area contributed by atoms with Crippen LogP contribution in [0.1, 0.15) is 135 Å². The predicted molar refractivity (Wildman–Crippen MR) is 150 cm³/mol. The first-order valence-corrected chi connectivity index (χ1v) is 18.2. The number of rotatable bonds is 7. The molecule has 0 unspecified atom stereocenters. The molecule has 0 spiro atoms. The minimum atomic E-state index is 0.0424. The molecule has 1 atom stereocenters. The maximum absolute atomic E-state index is 2.73. The Kier molecular flexibility index (Phi) is 9.97. The maximum atomic E-state index is 2.73. The van der Waals surface area contributed by atoms with Gasteiger partial charge in [0.2, 0.25) is 0 Å². The van der Waals surface area contributed by atoms with E-state index in [0.717, 1.165) is 28.3 Å². The lowest BCUT2D eigenvalue weighted by molar-refractivity contribution is 0.481. The van der Waals surface area contributed by atoms with Crippen LogP contribution in [-0.2, 0) is 0 Å². The van der Waals surface area contributed by atoms with E-state index in [2.05, 4.69) is 26.2 Å². The SMILES string of the molecule is C[C@H]([C]1[CH][CH][CH][C]1P(C1CCCCC1)C1CCCCC1)P(C1CCCCC1)C1CCCCC1. The van der Waals surface area contributed by atoms with Crippen molar-refractivity contribution in [1.29, 1.82) is 0 Å². The van der Waals surface area contributed by atoms with Gasteiger partial charge in [-0.1, -0.05) is 99.8 Å². The first kappa shape index (κ1) is 25.5. The lowest BCUT2D eigenvalue weighted by Gasteiger charge is -2.48. The summed E-state index contributed by atoms with van der Waals surface area (Å²) in [6, 6.07) is 0. The van der Waals surface area contributed by atoms with Crippen molar-refractivity contribution in [3.63, 3.8) is 0 Å². The monoisotopic (exact) mass is 485 g/mol. The zero-order valence-electron chi connectivity index (χ0n) is 21.7. The fourth-order valence-corrected chi connectivity index (χ4v) is 16.8. The van der Waals surface area contributed by atoms with Gasteiger partial charge in [0.25, 0.3) is 0 Å². The van der Waals surface area contributed by atoms with Gasteiger partial charge in [0.1, 0.15) is 0 Å². The van der Waals surface area contributed by atoms with Gasteiger partial charge in [-0.2, -0.15) is 0 Å². The Morgan fingerprint density at radius 1 is 0.545 bits per heavy atom. The Labute approximate surface area is 210 Å². The van der Waals surface area contributed by atoms with Crippen molar-refractivity contribution in [2.45, 2.75) is 164 Å². The van der Waals surface area contributed by atoms with Crippen LogP contribution in [0.2, 0.25) is 0 Å². The molecule has 5 aliphatic rings. The summed E-state index contributed by atoms with van der Waals surface area (Å²) in [5.74, 6) is 1.87. The van der Waals surface area contributed by atoms with E-state index < -0.39 is 0 Å². The van der Waals surface area contributed by atoms with Crippen molar-refractivity contribution in [2.75, 3.05) is 0 Å². The van der Waals surface area contributed by atoms with Gasteiger partial charge in [0.05, 0.1) is 0 Å². The molecule has 0 aromatic carbocycles. The average Bonchev–Trinajstić information content (AvgIpc) is 3.36. The van der Waals surface area contributed by atoms with Crippen LogP contribution in [0.4, 0.5) is 0 Å². The Morgan fingerprint density at radius 2 is 0.939 bits per heavy atom. The van der Waals surface area contributed by atoms with Gasteiger partial charge < -0.3 is 0 Å². The van der Waals surface area contributed by atoms with Crippen molar-refractivity contribution in [3.8, 4) is 0 Å². The molecule has 0 aromatic heterocycles. The van der Waals surface area contributed by atoms with Gasteiger partial charge in [-0.3, -0.25) is 0 Å². The van der Waals surface area contributed by atoms with Crippen LogP contribution in [-0.4, -0.2) is 28.3 Å². The Morgan fingerprint density at radius 3 is 1.36 bits per heavy atom. The van der Waals surface area contributed by atoms with Crippen LogP contribution in [0.25, 0.3) is 0 Å². The lowest BCUT2D eigenvalue weighted by Crippen LogP contribution is -2.31. The second kappa shape index (κ2) is 12.9. The van der Waals surface area contributed by atoms with Crippen LogP contribution < -0.4 is 0 Å². The molecule has 33 heavy (non-hydrogen) atoms. The number of hydrogen-bond acceptors (Lipinski definition) is 0. The molecule has 5 rings (SSSR count). The van der Waals surface area contributed by atoms with E-state index in [1.54, 1.807) is 51.4 Å². The van der Waals surface area contributed by atoms with Gasteiger partial charge in [-0.25, -0.2) is 0 Å². The molecule has 5 aliphatic carbocycles. The van der Waals surface area contributed by atoms with Gasteiger partial charge in [-0.15, -0.1) is 0 Å². The summed E-state index contributed by atoms with van der Waals surface area (Å²) >= 11 is 0. The molecular formula is C31H51P2. The van der Waals surface area contributed by atoms with Crippen molar-refractivity contribution < 1.29 is 0 Å². The van der Waals surface area contributed by atoms with E-state index >= 15 is 0 Å². The fourth-order valence-electron chi connectivity index (χ4n) is 8.27. The van der Waals surface area contributed by atoms with Crippen LogP contribution in [0.15, 0.2) is 0 Å². The second-order valence-electron chi connectivity index (χ2n) is 12.1. The zero-order valence-corrected chi connectivity index (χ0v) is 23.4. The molecule has 2 heteroatoms. The first-order chi connectivity index (χ1) is 16.3. The van der Waals surface area contributed by atoms with Crippen molar-refractivity contribution in [2.24, 2.45) is 0 Å². The van der Waals surface area contributed by atoms with Gasteiger partial charge in [-0.05, 0) is 105 Å². The second-order valence-corrected chi connectivity index (χ2v) is 18.0. The highest BCUT2D eigenvalue weighted by molar-refractivity contribution is 7.63. The fraction of sp³-hybridized carbons (Fsp3) is 0.839. The van der Waals surface area contributed by atoms with Crippen LogP contribution in [0.3, 0.4) is 0 Å². The molecule has 185 valence electrons. The molecule has 0 bridgehead atoms. The predicted octanol–water partition coefficient (Wildman–Crippen LogP) is 10.4. The summed E-state index contributed by atoms with van der Waals surface area (Å²) in [6.45, 7) is 2.73. The minimum absolute atomic E-state index is 0.0424. The number of hydrogen-bond donors (Lipinski definition) is 0. The molecule has 5 saturated carbocycles. The lowest BCUT2D eigenvalue weighted by atomic mass is 9.99. The van der Waals surface area contributed by atoms with Gasteiger partial charge in [0.15, 0.2) is 0 Å². The van der Waals surface area contributed by atoms with E-state index in [1.165, 1.54) is 77.0 Å². The summed E-state index contributed by atoms with van der Waals surface area (Å²) in [7, 11) is 0.168. The van der Waals surface area contributed by atoms with E-state index in [1.807, 2.05) is 11.6 Å². The molecule has 0 saturated heterocycles. The summed E-state index contributed by atoms with van der Waals surface area (Å²) in [5.41, 5.74) is 7.01. The smallest absolute Gasteiger partial charge is 0.0120 e. The Bertz CT molecular complexity index is 515. The van der Waals surface area contributed by atoms with E-state index in [4.69, 9.17) is 0 Å². The van der Waals surface area contributed by atoms with Crippen LogP contribution in [0, 0.1) is 30.8 Å². The highest BCUT2D eigenvalue weighted by Gasteiger charge is 2.47. The van der Waals surface area contributed by atoms with Gasteiger partial charge >= 0.3 is 0 Å². The normalized spacial score (nSPS) is 29.9. The summed E-state index contributed by atoms with van der Waals surface area (Å²) < 4.78 is 0. The molecule has 5 radical (unpaired) electrons. The van der Waals surface area contributed by atoms with E-state index in [-0.39, 0.29) is 15.8 Å². The summed E-state index contributed by atoms with van der Waals surface area (Å²) in [4.78, 5) is 0. The van der Waals surface area contributed by atoms with Crippen molar-refractivity contribution >= 4 is 15.8 Å². The largest absolute Gasteiger partial charge is 0.0968 e. The standard InChI is InChI=1S/C31H51P2/c1-25(32(26-15-6-2-7-16-26)27-17-8-3-9-18-27)30-23-14-24-31(30)33(28-19-10-4-11-20-28)29-21-12-5-13-22-29/h14,23-29H,2-13,15-22H2,1H3/t25-/m1/s1. The van der Waals surface area contributed by atoms with Crippen molar-refractivity contribution in [1.82, 2.24) is 0 Å². The molecule has 0 nitrogen and oxygen atoms in total. The molecule has 0 aliphatic heterocycles. The van der Waals surface area contributed by atoms with Crippen LogP contribution in [0.5, 0.6) is 0 Å². The highest BCUT2D eigenvalue weighted by Crippen LogP contribution is 2.71. The van der Waals surface area contributed by atoms with Crippen molar-refractivity contribution in [3.05, 3.63) is 30.8 Å². The third-order valence-electron chi connectivity index (χ3n) is 9.93. The average molecular weight is 486 g/mol. The molecule has 5 fully saturated rings. The molecule has 0 aromatic rings. The highest BCUT2D eigenvalue weighted by atomic mass is 31.1. The minimum Gasteiger partial charge on any atom is -0.0968 e. The quantitative estimate of drug-likeness (QED) is 0.315. The third kappa shape index (κ3) is 6.23. The molecular weight excluding hydrogens is 434 g/mol. The summed E-state index contributed by atoms with van der Waals surface area (Å²) in [6.07, 6.45) is 38.4. The molecule has 0 heterocycles. The van der Waals surface area contributed by atoms with E-state index in [0.29, 0.717) is 0 Å². The molecule has 0 N–H and O–H groups in total. The van der Waals surface area contributed by atoms with Crippen LogP contribution >= 0.6 is 15.8 Å². The molecule has 0 amide bonds. The Balaban J connectivity index is 1.37. The topological polar surface area (TPSA) is 0 Å². The maximum Gasteiger partial charge on any atom is 0.0120 e.